The molecule has 0 bridgehead atoms. The van der Waals surface area contributed by atoms with Crippen molar-refractivity contribution >= 4 is 5.65 Å². The maximum atomic E-state index is 9.59. The number of benzene rings is 1. The number of nitrogens with zero attached hydrogens (tertiary/aromatic N) is 3. The predicted octanol–water partition coefficient (Wildman–Crippen LogP) is 2.42. The molecule has 3 rings (SSSR count). The van der Waals surface area contributed by atoms with E-state index >= 15 is 0 Å². The van der Waals surface area contributed by atoms with Gasteiger partial charge in [-0.15, -0.1) is 5.10 Å². The Morgan fingerprint density at radius 3 is 2.79 bits per heavy atom. The van der Waals surface area contributed by atoms with E-state index in [0.717, 1.165) is 16.9 Å². The molecule has 0 fully saturated rings. The first kappa shape index (κ1) is 11.5. The van der Waals surface area contributed by atoms with Gasteiger partial charge in [-0.3, -0.25) is 0 Å². The molecule has 0 spiro atoms. The van der Waals surface area contributed by atoms with Crippen molar-refractivity contribution in [3.05, 3.63) is 42.1 Å². The number of phenolic OH excluding ortho intramolecular Hbond substituents is 1. The Labute approximate surface area is 110 Å². The second-order valence-electron chi connectivity index (χ2n) is 4.26. The van der Waals surface area contributed by atoms with Crippen LogP contribution in [-0.2, 0) is 0 Å². The highest BCUT2D eigenvalue weighted by Crippen LogP contribution is 2.30. The molecule has 0 saturated carbocycles. The van der Waals surface area contributed by atoms with Crippen LogP contribution in [-0.4, -0.2) is 26.8 Å². The fourth-order valence-electron chi connectivity index (χ4n) is 1.97. The van der Waals surface area contributed by atoms with Crippen molar-refractivity contribution in [2.24, 2.45) is 0 Å². The van der Waals surface area contributed by atoms with Crippen molar-refractivity contribution in [1.29, 1.82) is 0 Å². The highest BCUT2D eigenvalue weighted by Gasteiger charge is 2.10. The van der Waals surface area contributed by atoms with Crippen molar-refractivity contribution < 1.29 is 9.84 Å². The van der Waals surface area contributed by atoms with Gasteiger partial charge in [0.1, 0.15) is 0 Å². The monoisotopic (exact) mass is 255 g/mol. The molecule has 2 heterocycles. The Kier molecular flexibility index (Phi) is 2.59. The molecule has 96 valence electrons. The van der Waals surface area contributed by atoms with Crippen LogP contribution in [0.15, 0.2) is 36.4 Å². The molecule has 1 N–H and O–H groups in total. The Hall–Kier alpha value is -2.56. The van der Waals surface area contributed by atoms with Gasteiger partial charge in [0.25, 0.3) is 0 Å². The number of pyridine rings is 1. The minimum absolute atomic E-state index is 0.103. The lowest BCUT2D eigenvalue weighted by molar-refractivity contribution is 0.373. The lowest BCUT2D eigenvalue weighted by Gasteiger charge is -2.03. The summed E-state index contributed by atoms with van der Waals surface area (Å²) in [5.74, 6) is 1.12. The first-order valence-electron chi connectivity index (χ1n) is 5.89. The molecular formula is C14H13N3O2. The number of fused-ring (bicyclic) bond motifs is 1. The number of aromatic hydroxyl groups is 1. The van der Waals surface area contributed by atoms with E-state index in [-0.39, 0.29) is 5.75 Å². The molecular weight excluding hydrogens is 242 g/mol. The second-order valence-corrected chi connectivity index (χ2v) is 4.26. The molecule has 0 unspecified atom stereocenters. The van der Waals surface area contributed by atoms with Gasteiger partial charge in [0.05, 0.1) is 7.11 Å². The first-order chi connectivity index (χ1) is 9.19. The number of aromatic nitrogens is 3. The fraction of sp³-hybridized carbons (Fsp3) is 0.143. The van der Waals surface area contributed by atoms with Crippen molar-refractivity contribution in [3.63, 3.8) is 0 Å². The van der Waals surface area contributed by atoms with Gasteiger partial charge in [-0.25, -0.2) is 9.50 Å². The molecule has 19 heavy (non-hydrogen) atoms. The molecule has 5 nitrogen and oxygen atoms in total. The fourth-order valence-corrected chi connectivity index (χ4v) is 1.97. The van der Waals surface area contributed by atoms with Gasteiger partial charge in [-0.2, -0.15) is 0 Å². The van der Waals surface area contributed by atoms with E-state index < -0.39 is 0 Å². The van der Waals surface area contributed by atoms with E-state index in [0.29, 0.717) is 11.6 Å². The molecule has 0 aliphatic rings. The zero-order valence-corrected chi connectivity index (χ0v) is 10.7. The number of phenols is 1. The number of hydrogen-bond donors (Lipinski definition) is 1. The average Bonchev–Trinajstić information content (AvgIpc) is 2.85. The molecule has 0 saturated heterocycles. The molecule has 0 aliphatic heterocycles. The Morgan fingerprint density at radius 2 is 2.05 bits per heavy atom. The topological polar surface area (TPSA) is 59.7 Å². The van der Waals surface area contributed by atoms with Gasteiger partial charge >= 0.3 is 0 Å². The van der Waals surface area contributed by atoms with Crippen LogP contribution in [0.5, 0.6) is 11.5 Å². The molecule has 0 aliphatic carbocycles. The van der Waals surface area contributed by atoms with Gasteiger partial charge < -0.3 is 9.84 Å². The van der Waals surface area contributed by atoms with Crippen molar-refractivity contribution in [2.45, 2.75) is 6.92 Å². The van der Waals surface area contributed by atoms with Gasteiger partial charge in [0.2, 0.25) is 0 Å². The van der Waals surface area contributed by atoms with Crippen LogP contribution in [0.4, 0.5) is 0 Å². The van der Waals surface area contributed by atoms with Gasteiger partial charge in [0.15, 0.2) is 23.0 Å². The summed E-state index contributed by atoms with van der Waals surface area (Å²) in [4.78, 5) is 4.46. The maximum Gasteiger partial charge on any atom is 0.182 e. The third-order valence-corrected chi connectivity index (χ3v) is 2.99. The van der Waals surface area contributed by atoms with Gasteiger partial charge in [0, 0.05) is 11.3 Å². The van der Waals surface area contributed by atoms with Crippen LogP contribution >= 0.6 is 0 Å². The molecule has 1 aromatic carbocycles. The molecule has 3 aromatic rings. The van der Waals surface area contributed by atoms with Crippen molar-refractivity contribution in [2.75, 3.05) is 7.11 Å². The van der Waals surface area contributed by atoms with E-state index in [4.69, 9.17) is 4.74 Å². The predicted molar refractivity (Wildman–Crippen MR) is 71.4 cm³/mol. The van der Waals surface area contributed by atoms with Crippen LogP contribution < -0.4 is 4.74 Å². The van der Waals surface area contributed by atoms with E-state index in [1.807, 2.05) is 25.1 Å². The zero-order chi connectivity index (χ0) is 13.4. The third kappa shape index (κ3) is 1.89. The lowest BCUT2D eigenvalue weighted by atomic mass is 10.2. The number of hydrogen-bond acceptors (Lipinski definition) is 4. The summed E-state index contributed by atoms with van der Waals surface area (Å²) in [6, 6.07) is 10.9. The zero-order valence-electron chi connectivity index (χ0n) is 10.7. The number of rotatable bonds is 2. The summed E-state index contributed by atoms with van der Waals surface area (Å²) >= 11 is 0. The largest absolute Gasteiger partial charge is 0.504 e. The highest BCUT2D eigenvalue weighted by atomic mass is 16.5. The molecule has 0 atom stereocenters. The number of aryl methyl sites for hydroxylation is 1. The smallest absolute Gasteiger partial charge is 0.182 e. The van der Waals surface area contributed by atoms with Crippen LogP contribution in [0.2, 0.25) is 0 Å². The summed E-state index contributed by atoms with van der Waals surface area (Å²) < 4.78 is 6.88. The lowest BCUT2D eigenvalue weighted by Crippen LogP contribution is -1.92. The van der Waals surface area contributed by atoms with Crippen molar-refractivity contribution in [1.82, 2.24) is 14.6 Å². The number of ether oxygens (including phenoxy) is 1. The highest BCUT2D eigenvalue weighted by molar-refractivity contribution is 5.62. The van der Waals surface area contributed by atoms with Crippen molar-refractivity contribution in [3.8, 4) is 22.9 Å². The number of methoxy groups -OCH3 is 1. The Bertz CT molecular complexity index is 750. The normalized spacial score (nSPS) is 10.8. The summed E-state index contributed by atoms with van der Waals surface area (Å²) in [6.45, 7) is 1.98. The first-order valence-corrected chi connectivity index (χ1v) is 5.89. The third-order valence-electron chi connectivity index (χ3n) is 2.99. The summed E-state index contributed by atoms with van der Waals surface area (Å²) in [5, 5.41) is 14.1. The molecule has 0 amide bonds. The molecule has 0 radical (unpaired) electrons. The minimum atomic E-state index is 0.103. The van der Waals surface area contributed by atoms with Crippen LogP contribution in [0.25, 0.3) is 17.0 Å². The van der Waals surface area contributed by atoms with E-state index in [1.165, 1.54) is 7.11 Å². The van der Waals surface area contributed by atoms with Gasteiger partial charge in [-0.1, -0.05) is 6.07 Å². The average molecular weight is 255 g/mol. The summed E-state index contributed by atoms with van der Waals surface area (Å²) in [5.41, 5.74) is 2.61. The summed E-state index contributed by atoms with van der Waals surface area (Å²) in [7, 11) is 1.51. The van der Waals surface area contributed by atoms with Crippen LogP contribution in [0, 0.1) is 6.92 Å². The maximum absolute atomic E-state index is 9.59. The Morgan fingerprint density at radius 1 is 1.21 bits per heavy atom. The molecule has 5 heteroatoms. The SMILES string of the molecule is COc1cc(-c2nc3cccc(C)n3n2)ccc1O. The summed E-state index contributed by atoms with van der Waals surface area (Å²) in [6.07, 6.45) is 0. The Balaban J connectivity index is 2.16. The standard InChI is InChI=1S/C14H13N3O2/c1-9-4-3-5-13-15-14(16-17(9)13)10-6-7-11(18)12(8-10)19-2/h3-8,18H,1-2H3. The van der Waals surface area contributed by atoms with E-state index in [2.05, 4.69) is 10.1 Å². The quantitative estimate of drug-likeness (QED) is 0.764. The van der Waals surface area contributed by atoms with Crippen LogP contribution in [0.3, 0.4) is 0 Å². The molecule has 2 aromatic heterocycles. The van der Waals surface area contributed by atoms with Crippen LogP contribution in [0.1, 0.15) is 5.69 Å². The van der Waals surface area contributed by atoms with E-state index in [9.17, 15) is 5.11 Å². The van der Waals surface area contributed by atoms with Gasteiger partial charge in [-0.05, 0) is 37.3 Å². The second kappa shape index (κ2) is 4.28. The van der Waals surface area contributed by atoms with E-state index in [1.54, 1.807) is 22.7 Å². The minimum Gasteiger partial charge on any atom is -0.504 e.